The second-order valence-electron chi connectivity index (χ2n) is 6.32. The Balaban J connectivity index is 1.63. The van der Waals surface area contributed by atoms with E-state index in [1.54, 1.807) is 31.4 Å². The average Bonchev–Trinajstić information content (AvgIpc) is 3.11. The van der Waals surface area contributed by atoms with Crippen molar-refractivity contribution in [3.63, 3.8) is 0 Å². The van der Waals surface area contributed by atoms with Crippen LogP contribution in [0, 0.1) is 16.0 Å². The normalized spacial score (nSPS) is 16.2. The van der Waals surface area contributed by atoms with Crippen LogP contribution < -0.4 is 20.2 Å². The summed E-state index contributed by atoms with van der Waals surface area (Å²) in [5.41, 5.74) is 2.66. The van der Waals surface area contributed by atoms with E-state index >= 15 is 0 Å². The monoisotopic (exact) mass is 397 g/mol. The molecule has 1 saturated heterocycles. The summed E-state index contributed by atoms with van der Waals surface area (Å²) in [4.78, 5) is 36.2. The molecule has 1 fully saturated rings. The molecule has 1 N–H and O–H groups in total. The quantitative estimate of drug-likeness (QED) is 0.441. The lowest BCUT2D eigenvalue weighted by atomic mass is 10.1. The van der Waals surface area contributed by atoms with Crippen molar-refractivity contribution in [1.82, 2.24) is 5.43 Å². The summed E-state index contributed by atoms with van der Waals surface area (Å²) in [5.74, 6) is -1.10. The zero-order valence-electron chi connectivity index (χ0n) is 15.4. The molecule has 10 nitrogen and oxygen atoms in total. The third-order valence-electron chi connectivity index (χ3n) is 4.46. The van der Waals surface area contributed by atoms with E-state index < -0.39 is 22.5 Å². The summed E-state index contributed by atoms with van der Waals surface area (Å²) in [6, 6.07) is 10.1. The van der Waals surface area contributed by atoms with Crippen molar-refractivity contribution in [2.24, 2.45) is 11.0 Å². The fraction of sp³-hybridized carbons (Fsp3) is 0.211. The lowest BCUT2D eigenvalue weighted by molar-refractivity contribution is -0.385. The third kappa shape index (κ3) is 4.49. The Morgan fingerprint density at radius 1 is 1.31 bits per heavy atom. The zero-order chi connectivity index (χ0) is 21.0. The SMILES string of the molecule is COc1ccc(N2C[C@@H](C(=O)N/N=C\c3cc([N+](=O)[O-])ccc3[O-])CC2=O)cc1. The van der Waals surface area contributed by atoms with Gasteiger partial charge in [-0.15, -0.1) is 0 Å². The molecule has 1 aliphatic rings. The lowest BCUT2D eigenvalue weighted by Gasteiger charge is -2.16. The number of hydrogen-bond acceptors (Lipinski definition) is 7. The van der Waals surface area contributed by atoms with Crippen LogP contribution in [0.1, 0.15) is 12.0 Å². The summed E-state index contributed by atoms with van der Waals surface area (Å²) in [6.07, 6.45) is 1.07. The molecule has 2 aromatic carbocycles. The number of anilines is 1. The Morgan fingerprint density at radius 3 is 2.69 bits per heavy atom. The van der Waals surface area contributed by atoms with Gasteiger partial charge in [-0.05, 0) is 29.8 Å². The second-order valence-corrected chi connectivity index (χ2v) is 6.32. The van der Waals surface area contributed by atoms with E-state index in [2.05, 4.69) is 10.5 Å². The first-order valence-electron chi connectivity index (χ1n) is 8.62. The number of nitro groups is 1. The number of carbonyl (C=O) groups is 2. The molecule has 10 heteroatoms. The molecule has 0 aromatic heterocycles. The fourth-order valence-corrected chi connectivity index (χ4v) is 2.90. The Kier molecular flexibility index (Phi) is 5.72. The Hall–Kier alpha value is -3.95. The van der Waals surface area contributed by atoms with Gasteiger partial charge in [-0.3, -0.25) is 19.7 Å². The highest BCUT2D eigenvalue weighted by Gasteiger charge is 2.35. The minimum atomic E-state index is -0.632. The highest BCUT2D eigenvalue weighted by molar-refractivity contribution is 6.00. The molecule has 2 aromatic rings. The number of hydrogen-bond donors (Lipinski definition) is 1. The van der Waals surface area contributed by atoms with Crippen LogP contribution in [0.25, 0.3) is 0 Å². The van der Waals surface area contributed by atoms with E-state index in [4.69, 9.17) is 4.74 Å². The van der Waals surface area contributed by atoms with Gasteiger partial charge in [0.1, 0.15) is 5.75 Å². The topological polar surface area (TPSA) is 137 Å². The molecule has 0 bridgehead atoms. The van der Waals surface area contributed by atoms with Crippen molar-refractivity contribution in [3.8, 4) is 11.5 Å². The number of nitrogens with one attached hydrogen (secondary N) is 1. The van der Waals surface area contributed by atoms with Gasteiger partial charge in [0.15, 0.2) is 0 Å². The van der Waals surface area contributed by atoms with Crippen LogP contribution in [0.3, 0.4) is 0 Å². The number of hydrazone groups is 1. The Bertz CT molecular complexity index is 973. The maximum Gasteiger partial charge on any atom is 0.270 e. The molecule has 0 unspecified atom stereocenters. The molecule has 1 heterocycles. The highest BCUT2D eigenvalue weighted by atomic mass is 16.6. The molecular formula is C19H17N4O6-. The van der Waals surface area contributed by atoms with Crippen molar-refractivity contribution >= 4 is 29.4 Å². The number of rotatable bonds is 6. The summed E-state index contributed by atoms with van der Waals surface area (Å²) in [5, 5.41) is 26.2. The molecule has 0 spiro atoms. The van der Waals surface area contributed by atoms with Gasteiger partial charge in [0.05, 0.1) is 24.2 Å². The van der Waals surface area contributed by atoms with Crippen LogP contribution >= 0.6 is 0 Å². The van der Waals surface area contributed by atoms with E-state index in [0.29, 0.717) is 11.4 Å². The van der Waals surface area contributed by atoms with Crippen molar-refractivity contribution in [3.05, 3.63) is 58.1 Å². The molecule has 0 radical (unpaired) electrons. The molecule has 3 rings (SSSR count). The number of benzene rings is 2. The maximum absolute atomic E-state index is 12.3. The molecule has 150 valence electrons. The van der Waals surface area contributed by atoms with Crippen molar-refractivity contribution in [2.45, 2.75) is 6.42 Å². The van der Waals surface area contributed by atoms with Crippen LogP contribution in [0.2, 0.25) is 0 Å². The van der Waals surface area contributed by atoms with Crippen LogP contribution in [-0.2, 0) is 9.59 Å². The Labute approximate surface area is 165 Å². The van der Waals surface area contributed by atoms with Gasteiger partial charge >= 0.3 is 0 Å². The molecule has 1 aliphatic heterocycles. The van der Waals surface area contributed by atoms with Gasteiger partial charge in [0.25, 0.3) is 5.69 Å². The van der Waals surface area contributed by atoms with Crippen molar-refractivity contribution < 1.29 is 24.4 Å². The lowest BCUT2D eigenvalue weighted by Crippen LogP contribution is -2.30. The van der Waals surface area contributed by atoms with E-state index in [9.17, 15) is 24.8 Å². The number of methoxy groups -OCH3 is 1. The first-order chi connectivity index (χ1) is 13.9. The summed E-state index contributed by atoms with van der Waals surface area (Å²) >= 11 is 0. The first kappa shape index (κ1) is 19.8. The van der Waals surface area contributed by atoms with E-state index in [-0.39, 0.29) is 30.1 Å². The first-order valence-corrected chi connectivity index (χ1v) is 8.62. The van der Waals surface area contributed by atoms with Crippen LogP contribution in [0.15, 0.2) is 47.6 Å². The van der Waals surface area contributed by atoms with Gasteiger partial charge in [-0.2, -0.15) is 5.10 Å². The maximum atomic E-state index is 12.3. The van der Waals surface area contributed by atoms with Crippen molar-refractivity contribution in [1.29, 1.82) is 0 Å². The van der Waals surface area contributed by atoms with Crippen LogP contribution in [0.4, 0.5) is 11.4 Å². The number of amides is 2. The molecule has 1 atom stereocenters. The van der Waals surface area contributed by atoms with Gasteiger partial charge in [0, 0.05) is 30.8 Å². The Morgan fingerprint density at radius 2 is 2.03 bits per heavy atom. The standard InChI is InChI=1S/C19H18N4O6/c1-29-16-5-2-14(3-6-16)22-11-13(9-18(22)25)19(26)21-20-10-12-8-15(23(27)28)4-7-17(12)24/h2-8,10,13,24H,9,11H2,1H3,(H,21,26)/p-1/b20-10-/t13-/m0/s1. The largest absolute Gasteiger partial charge is 0.872 e. The van der Waals surface area contributed by atoms with Crippen LogP contribution in [-0.4, -0.2) is 36.6 Å². The number of non-ortho nitro benzene ring substituents is 1. The van der Waals surface area contributed by atoms with Gasteiger partial charge in [-0.25, -0.2) is 5.43 Å². The van der Waals surface area contributed by atoms with Gasteiger partial charge in [0.2, 0.25) is 11.8 Å². The highest BCUT2D eigenvalue weighted by Crippen LogP contribution is 2.27. The number of nitrogens with zero attached hydrogens (tertiary/aromatic N) is 3. The number of ether oxygens (including phenoxy) is 1. The molecule has 2 amide bonds. The fourth-order valence-electron chi connectivity index (χ4n) is 2.90. The van der Waals surface area contributed by atoms with Crippen molar-refractivity contribution in [2.75, 3.05) is 18.6 Å². The third-order valence-corrected chi connectivity index (χ3v) is 4.46. The number of nitro benzene ring substituents is 1. The molecule has 29 heavy (non-hydrogen) atoms. The van der Waals surface area contributed by atoms with Gasteiger partial charge < -0.3 is 14.7 Å². The zero-order valence-corrected chi connectivity index (χ0v) is 15.4. The summed E-state index contributed by atoms with van der Waals surface area (Å²) in [7, 11) is 1.54. The smallest absolute Gasteiger partial charge is 0.270 e. The van der Waals surface area contributed by atoms with E-state index in [1.807, 2.05) is 0 Å². The molecule has 0 saturated carbocycles. The molecule has 0 aliphatic carbocycles. The predicted molar refractivity (Wildman–Crippen MR) is 102 cm³/mol. The minimum Gasteiger partial charge on any atom is -0.872 e. The van der Waals surface area contributed by atoms with Gasteiger partial charge in [-0.1, -0.05) is 11.8 Å². The van der Waals surface area contributed by atoms with E-state index in [1.165, 1.54) is 4.90 Å². The van der Waals surface area contributed by atoms with E-state index in [0.717, 1.165) is 24.4 Å². The number of carbonyl (C=O) groups excluding carboxylic acids is 2. The van der Waals surface area contributed by atoms with Crippen LogP contribution in [0.5, 0.6) is 11.5 Å². The predicted octanol–water partition coefficient (Wildman–Crippen LogP) is 1.18. The second kappa shape index (κ2) is 8.38. The molecular weight excluding hydrogens is 380 g/mol. The summed E-state index contributed by atoms with van der Waals surface area (Å²) in [6.45, 7) is 0.191. The summed E-state index contributed by atoms with van der Waals surface area (Å²) < 4.78 is 5.08. The average molecular weight is 397 g/mol. The minimum absolute atomic E-state index is 0.0248.